The number of nitrogens with zero attached hydrogens (tertiary/aromatic N) is 2. The van der Waals surface area contributed by atoms with E-state index in [0.717, 1.165) is 25.1 Å². The van der Waals surface area contributed by atoms with Gasteiger partial charge in [-0.25, -0.2) is 0 Å². The highest BCUT2D eigenvalue weighted by Gasteiger charge is 2.33. The highest BCUT2D eigenvalue weighted by atomic mass is 32.2. The van der Waals surface area contributed by atoms with Crippen molar-refractivity contribution in [1.82, 2.24) is 4.90 Å². The van der Waals surface area contributed by atoms with Crippen molar-refractivity contribution >= 4 is 29.1 Å². The van der Waals surface area contributed by atoms with Crippen molar-refractivity contribution in [2.75, 3.05) is 37.7 Å². The average Bonchev–Trinajstić information content (AvgIpc) is 3.26. The summed E-state index contributed by atoms with van der Waals surface area (Å²) in [6.07, 6.45) is 3.79. The van der Waals surface area contributed by atoms with E-state index in [1.807, 2.05) is 32.5 Å². The van der Waals surface area contributed by atoms with Crippen LogP contribution in [0.25, 0.3) is 0 Å². The number of carbonyl (C=O) groups excluding carboxylic acids is 1. The average molecular weight is 425 g/mol. The number of anilines is 2. The van der Waals surface area contributed by atoms with Gasteiger partial charge in [-0.15, -0.1) is 0 Å². The van der Waals surface area contributed by atoms with Crippen LogP contribution >= 0.6 is 11.8 Å². The van der Waals surface area contributed by atoms with Crippen LogP contribution in [0.3, 0.4) is 0 Å². The van der Waals surface area contributed by atoms with Gasteiger partial charge in [0, 0.05) is 16.3 Å². The van der Waals surface area contributed by atoms with Gasteiger partial charge in [0.2, 0.25) is 0 Å². The first-order valence-corrected chi connectivity index (χ1v) is 11.9. The molecule has 0 amide bonds. The first-order valence-electron chi connectivity index (χ1n) is 11.1. The van der Waals surface area contributed by atoms with E-state index in [9.17, 15) is 4.79 Å². The largest absolute Gasteiger partial charge is 0.465 e. The van der Waals surface area contributed by atoms with Gasteiger partial charge in [-0.1, -0.05) is 30.0 Å². The van der Waals surface area contributed by atoms with Gasteiger partial charge < -0.3 is 14.5 Å². The van der Waals surface area contributed by atoms with Gasteiger partial charge in [0.15, 0.2) is 0 Å². The van der Waals surface area contributed by atoms with Crippen LogP contribution in [-0.4, -0.2) is 43.7 Å². The van der Waals surface area contributed by atoms with Gasteiger partial charge in [-0.3, -0.25) is 4.79 Å². The van der Waals surface area contributed by atoms with Crippen LogP contribution in [-0.2, 0) is 14.9 Å². The van der Waals surface area contributed by atoms with Gasteiger partial charge in [0.25, 0.3) is 0 Å². The Labute approximate surface area is 184 Å². The third kappa shape index (κ3) is 4.23. The molecule has 1 saturated heterocycles. The second kappa shape index (κ2) is 9.03. The molecule has 0 atom stereocenters. The molecule has 1 fully saturated rings. The number of esters is 1. The van der Waals surface area contributed by atoms with Crippen molar-refractivity contribution in [1.29, 1.82) is 0 Å². The van der Waals surface area contributed by atoms with Crippen LogP contribution < -0.4 is 4.90 Å². The fourth-order valence-corrected chi connectivity index (χ4v) is 5.42. The molecule has 2 aromatic rings. The Morgan fingerprint density at radius 2 is 1.77 bits per heavy atom. The monoisotopic (exact) mass is 424 g/mol. The molecular weight excluding hydrogens is 392 g/mol. The van der Waals surface area contributed by atoms with E-state index in [1.54, 1.807) is 0 Å². The van der Waals surface area contributed by atoms with Gasteiger partial charge in [-0.05, 0) is 89.5 Å². The number of hydrogen-bond donors (Lipinski definition) is 0. The SMILES string of the molecule is CCOC(=O)C(C)(C)c1ccc2c(c1)N(CCCN1CCCC1)c1ccccc1S2. The summed E-state index contributed by atoms with van der Waals surface area (Å²) >= 11 is 1.81. The lowest BCUT2D eigenvalue weighted by Crippen LogP contribution is -2.32. The molecule has 0 spiro atoms. The molecule has 160 valence electrons. The molecule has 5 heteroatoms. The number of rotatable bonds is 7. The van der Waals surface area contributed by atoms with Crippen LogP contribution in [0.2, 0.25) is 0 Å². The van der Waals surface area contributed by atoms with Crippen molar-refractivity contribution in [2.45, 2.75) is 55.2 Å². The molecular formula is C25H32N2O2S. The van der Waals surface area contributed by atoms with Crippen molar-refractivity contribution in [3.05, 3.63) is 48.0 Å². The molecule has 4 rings (SSSR count). The number of ether oxygens (including phenoxy) is 1. The smallest absolute Gasteiger partial charge is 0.315 e. The van der Waals surface area contributed by atoms with Crippen molar-refractivity contribution < 1.29 is 9.53 Å². The van der Waals surface area contributed by atoms with E-state index in [2.05, 4.69) is 52.3 Å². The first kappa shape index (κ1) is 21.3. The zero-order chi connectivity index (χ0) is 21.1. The Morgan fingerprint density at radius 3 is 2.53 bits per heavy atom. The predicted molar refractivity (Wildman–Crippen MR) is 124 cm³/mol. The molecule has 0 bridgehead atoms. The number of para-hydroxylation sites is 1. The number of carbonyl (C=O) groups is 1. The quantitative estimate of drug-likeness (QED) is 0.539. The predicted octanol–water partition coefficient (Wildman–Crippen LogP) is 5.62. The molecule has 0 aromatic heterocycles. The Kier molecular flexibility index (Phi) is 6.40. The van der Waals surface area contributed by atoms with Crippen LogP contribution in [0.4, 0.5) is 11.4 Å². The fraction of sp³-hybridized carbons (Fsp3) is 0.480. The summed E-state index contributed by atoms with van der Waals surface area (Å²) < 4.78 is 5.35. The van der Waals surface area contributed by atoms with E-state index < -0.39 is 5.41 Å². The minimum Gasteiger partial charge on any atom is -0.465 e. The Bertz CT molecular complexity index is 906. The minimum atomic E-state index is -0.673. The summed E-state index contributed by atoms with van der Waals surface area (Å²) in [5.41, 5.74) is 2.80. The summed E-state index contributed by atoms with van der Waals surface area (Å²) in [5.74, 6) is -0.172. The second-order valence-corrected chi connectivity index (χ2v) is 9.74. The Balaban J connectivity index is 1.63. The minimum absolute atomic E-state index is 0.172. The third-order valence-electron chi connectivity index (χ3n) is 6.19. The summed E-state index contributed by atoms with van der Waals surface area (Å²) in [7, 11) is 0. The highest BCUT2D eigenvalue weighted by Crippen LogP contribution is 2.49. The summed E-state index contributed by atoms with van der Waals surface area (Å²) in [4.78, 5) is 20.2. The van der Waals surface area contributed by atoms with Crippen molar-refractivity contribution in [2.24, 2.45) is 0 Å². The topological polar surface area (TPSA) is 32.8 Å². The van der Waals surface area contributed by atoms with Gasteiger partial charge in [-0.2, -0.15) is 0 Å². The standard InChI is InChI=1S/C25H32N2O2S/c1-4-29-24(28)25(2,3)19-12-13-23-21(18-19)27(17-9-16-26-14-7-8-15-26)20-10-5-6-11-22(20)30-23/h5-6,10-13,18H,4,7-9,14-17H2,1-3H3. The van der Waals surface area contributed by atoms with Crippen molar-refractivity contribution in [3.63, 3.8) is 0 Å². The van der Waals surface area contributed by atoms with E-state index in [-0.39, 0.29) is 5.97 Å². The summed E-state index contributed by atoms with van der Waals surface area (Å²) in [6.45, 7) is 10.8. The molecule has 0 saturated carbocycles. The fourth-order valence-electron chi connectivity index (χ4n) is 4.35. The lowest BCUT2D eigenvalue weighted by Gasteiger charge is -2.34. The van der Waals surface area contributed by atoms with Crippen molar-refractivity contribution in [3.8, 4) is 0 Å². The molecule has 30 heavy (non-hydrogen) atoms. The highest BCUT2D eigenvalue weighted by molar-refractivity contribution is 7.99. The van der Waals surface area contributed by atoms with E-state index in [4.69, 9.17) is 4.74 Å². The molecule has 2 aliphatic rings. The van der Waals surface area contributed by atoms with Gasteiger partial charge in [0.05, 0.1) is 23.4 Å². The molecule has 0 unspecified atom stereocenters. The van der Waals surface area contributed by atoms with Crippen LogP contribution in [0.5, 0.6) is 0 Å². The maximum Gasteiger partial charge on any atom is 0.315 e. The molecule has 0 radical (unpaired) electrons. The van der Waals surface area contributed by atoms with E-state index in [1.165, 1.54) is 47.1 Å². The lowest BCUT2D eigenvalue weighted by molar-refractivity contribution is -0.148. The van der Waals surface area contributed by atoms with E-state index in [0.29, 0.717) is 6.61 Å². The molecule has 4 nitrogen and oxygen atoms in total. The first-order chi connectivity index (χ1) is 14.5. The summed E-state index contributed by atoms with van der Waals surface area (Å²) in [6, 6.07) is 15.1. The lowest BCUT2D eigenvalue weighted by atomic mass is 9.84. The van der Waals surface area contributed by atoms with Gasteiger partial charge >= 0.3 is 5.97 Å². The molecule has 0 N–H and O–H groups in total. The zero-order valence-corrected chi connectivity index (χ0v) is 19.1. The summed E-state index contributed by atoms with van der Waals surface area (Å²) in [5, 5.41) is 0. The maximum absolute atomic E-state index is 12.6. The normalized spacial score (nSPS) is 16.3. The van der Waals surface area contributed by atoms with Crippen LogP contribution in [0.15, 0.2) is 52.3 Å². The second-order valence-electron chi connectivity index (χ2n) is 8.65. The third-order valence-corrected chi connectivity index (χ3v) is 7.32. The van der Waals surface area contributed by atoms with Crippen LogP contribution in [0, 0.1) is 0 Å². The van der Waals surface area contributed by atoms with Gasteiger partial charge in [0.1, 0.15) is 0 Å². The molecule has 0 aliphatic carbocycles. The maximum atomic E-state index is 12.6. The van der Waals surface area contributed by atoms with Crippen LogP contribution in [0.1, 0.15) is 45.6 Å². The number of benzene rings is 2. The number of hydrogen-bond acceptors (Lipinski definition) is 5. The molecule has 2 aromatic carbocycles. The number of likely N-dealkylation sites (tertiary alicyclic amines) is 1. The number of fused-ring (bicyclic) bond motifs is 2. The Hall–Kier alpha value is -1.98. The zero-order valence-electron chi connectivity index (χ0n) is 18.3. The van der Waals surface area contributed by atoms with E-state index >= 15 is 0 Å². The Morgan fingerprint density at radius 1 is 1.03 bits per heavy atom. The molecule has 2 aliphatic heterocycles. The molecule has 2 heterocycles.